The first-order valence-corrected chi connectivity index (χ1v) is 18.9. The van der Waals surface area contributed by atoms with Gasteiger partial charge in [0, 0.05) is 27.5 Å². The van der Waals surface area contributed by atoms with E-state index in [0.29, 0.717) is 22.6 Å². The number of carbonyl (C=O) groups excluding carboxylic acids is 2. The van der Waals surface area contributed by atoms with E-state index in [0.717, 1.165) is 66.3 Å². The van der Waals surface area contributed by atoms with Gasteiger partial charge >= 0.3 is 0 Å². The minimum atomic E-state index is -0.441. The van der Waals surface area contributed by atoms with Crippen LogP contribution in [0.3, 0.4) is 0 Å². The van der Waals surface area contributed by atoms with Crippen LogP contribution in [0.5, 0.6) is 0 Å². The summed E-state index contributed by atoms with van der Waals surface area (Å²) >= 11 is 0. The van der Waals surface area contributed by atoms with E-state index in [1.807, 2.05) is 164 Å². The Morgan fingerprint density at radius 1 is 0.466 bits per heavy atom. The Labute approximate surface area is 334 Å². The van der Waals surface area contributed by atoms with E-state index in [9.17, 15) is 10.1 Å². The van der Waals surface area contributed by atoms with Crippen molar-refractivity contribution in [1.82, 2.24) is 4.57 Å². The van der Waals surface area contributed by atoms with Crippen LogP contribution in [-0.2, 0) is 0 Å². The van der Waals surface area contributed by atoms with Gasteiger partial charge < -0.3 is 4.57 Å². The van der Waals surface area contributed by atoms with Gasteiger partial charge in [0.1, 0.15) is 0 Å². The first kappa shape index (κ1) is 34.2. The van der Waals surface area contributed by atoms with E-state index in [-0.39, 0.29) is 11.1 Å². The zero-order valence-electron chi connectivity index (χ0n) is 30.9. The second-order valence-electron chi connectivity index (χ2n) is 14.1. The lowest BCUT2D eigenvalue weighted by Gasteiger charge is -2.20. The number of anilines is 1. The van der Waals surface area contributed by atoms with E-state index in [2.05, 4.69) is 15.5 Å². The summed E-state index contributed by atoms with van der Waals surface area (Å²) in [5, 5.41) is 12.1. The summed E-state index contributed by atoms with van der Waals surface area (Å²) in [5.74, 6) is -0.856. The molecule has 0 unspecified atom stereocenters. The predicted molar refractivity (Wildman–Crippen MR) is 231 cm³/mol. The Balaban J connectivity index is 1.27. The summed E-state index contributed by atoms with van der Waals surface area (Å²) in [7, 11) is 0. The van der Waals surface area contributed by atoms with Gasteiger partial charge in [-0.3, -0.25) is 9.59 Å². The molecule has 0 spiro atoms. The number of nitrogens with zero attached hydrogens (tertiary/aromatic N) is 4. The highest BCUT2D eigenvalue weighted by atomic mass is 16.2. The van der Waals surface area contributed by atoms with Gasteiger partial charge in [-0.25, -0.2) is 9.74 Å². The number of carbonyl (C=O) groups is 2. The Bertz CT molecular complexity index is 3130. The van der Waals surface area contributed by atoms with E-state index >= 15 is 4.79 Å². The molecule has 9 aromatic rings. The molecule has 0 saturated carbocycles. The second-order valence-corrected chi connectivity index (χ2v) is 14.1. The van der Waals surface area contributed by atoms with Crippen LogP contribution in [0.1, 0.15) is 26.3 Å². The zero-order chi connectivity index (χ0) is 39.3. The molecule has 8 aromatic carbocycles. The van der Waals surface area contributed by atoms with E-state index < -0.39 is 11.8 Å². The highest BCUT2D eigenvalue weighted by Crippen LogP contribution is 2.46. The average molecular weight is 743 g/mol. The van der Waals surface area contributed by atoms with Crippen LogP contribution in [0.25, 0.3) is 76.8 Å². The molecule has 6 nitrogen and oxygen atoms in total. The molecule has 1 aliphatic heterocycles. The molecule has 2 amide bonds. The van der Waals surface area contributed by atoms with Crippen molar-refractivity contribution in [2.45, 2.75) is 0 Å². The van der Waals surface area contributed by atoms with Gasteiger partial charge in [-0.05, 0) is 58.1 Å². The minimum absolute atomic E-state index is 0.272. The molecule has 0 atom stereocenters. The number of aromatic nitrogens is 1. The largest absolute Gasteiger partial charge is 0.307 e. The van der Waals surface area contributed by atoms with Crippen LogP contribution in [0, 0.1) is 17.9 Å². The Morgan fingerprint density at radius 3 is 1.72 bits per heavy atom. The Morgan fingerprint density at radius 2 is 1.03 bits per heavy atom. The maximum Gasteiger partial charge on any atom is 0.268 e. The van der Waals surface area contributed by atoms with Crippen molar-refractivity contribution in [3.8, 4) is 56.3 Å². The third-order valence-electron chi connectivity index (χ3n) is 11.0. The lowest BCUT2D eigenvalue weighted by Crippen LogP contribution is -2.30. The van der Waals surface area contributed by atoms with Crippen molar-refractivity contribution < 1.29 is 9.59 Å². The molecule has 0 aliphatic carbocycles. The lowest BCUT2D eigenvalue weighted by molar-refractivity contribution is 0.0926. The molecule has 58 heavy (non-hydrogen) atoms. The first-order valence-electron chi connectivity index (χ1n) is 18.9. The lowest BCUT2D eigenvalue weighted by atomic mass is 9.97. The molecule has 270 valence electrons. The van der Waals surface area contributed by atoms with E-state index in [1.165, 1.54) is 4.90 Å². The number of fused-ring (bicyclic) bond motifs is 4. The summed E-state index contributed by atoms with van der Waals surface area (Å²) in [4.78, 5) is 35.2. The fourth-order valence-corrected chi connectivity index (χ4v) is 8.47. The number of rotatable bonds is 6. The summed E-state index contributed by atoms with van der Waals surface area (Å²) in [5.41, 5.74) is 10.8. The Hall–Kier alpha value is -8.32. The molecule has 10 rings (SSSR count). The number of para-hydroxylation sites is 3. The smallest absolute Gasteiger partial charge is 0.268 e. The monoisotopic (exact) mass is 742 g/mol. The maximum absolute atomic E-state index is 15.3. The van der Waals surface area contributed by atoms with Gasteiger partial charge in [0.05, 0.1) is 51.7 Å². The van der Waals surface area contributed by atoms with E-state index in [4.69, 9.17) is 6.57 Å². The van der Waals surface area contributed by atoms with Crippen molar-refractivity contribution in [3.63, 3.8) is 0 Å². The summed E-state index contributed by atoms with van der Waals surface area (Å²) in [6.07, 6.45) is 0. The Kier molecular flexibility index (Phi) is 8.11. The topological polar surface area (TPSA) is 70.5 Å². The molecule has 1 aliphatic rings. The van der Waals surface area contributed by atoms with Gasteiger partial charge in [0.25, 0.3) is 11.8 Å². The molecule has 0 fully saturated rings. The molecule has 1 aromatic heterocycles. The highest BCUT2D eigenvalue weighted by molar-refractivity contribution is 6.36. The molecule has 0 saturated heterocycles. The quantitative estimate of drug-likeness (QED) is 0.126. The van der Waals surface area contributed by atoms with Crippen molar-refractivity contribution in [3.05, 3.63) is 210 Å². The van der Waals surface area contributed by atoms with Gasteiger partial charge in [-0.15, -0.1) is 0 Å². The average Bonchev–Trinajstić information content (AvgIpc) is 3.77. The third kappa shape index (κ3) is 5.25. The third-order valence-corrected chi connectivity index (χ3v) is 11.0. The molecule has 2 heterocycles. The highest BCUT2D eigenvalue weighted by Gasteiger charge is 2.41. The van der Waals surface area contributed by atoms with Gasteiger partial charge in [0.2, 0.25) is 0 Å². The number of imide groups is 1. The van der Waals surface area contributed by atoms with Crippen molar-refractivity contribution in [2.75, 3.05) is 4.90 Å². The summed E-state index contributed by atoms with van der Waals surface area (Å²) in [6.45, 7) is 8.05. The SMILES string of the molecule is [C-]#[N+]c1ccccc1-c1cccc2c3cccc(-c4ccccc4C#N)c3n(-c3cccc4c3C(=O)N(c3ccc(-c5ccccc5)cc3-c3ccccc3)C4=O)c12. The van der Waals surface area contributed by atoms with Crippen molar-refractivity contribution >= 4 is 45.0 Å². The molecule has 0 N–H and O–H groups in total. The standard InChI is InChI=1S/C52H30N4O2/c1-54-45-27-11-10-21-38(45)40-23-13-25-42-41-24-12-22-39(37-20-9-8-19-36(37)32-53)49(41)55(50(40)42)47-28-14-26-43-48(47)52(58)56(51(43)57)46-30-29-35(33-15-4-2-5-16-33)31-44(46)34-17-6-3-7-18-34/h2-31H. The number of hydrogen-bond acceptors (Lipinski definition) is 3. The van der Waals surface area contributed by atoms with Crippen LogP contribution in [-0.4, -0.2) is 16.4 Å². The van der Waals surface area contributed by atoms with Crippen molar-refractivity contribution in [2.24, 2.45) is 0 Å². The van der Waals surface area contributed by atoms with Crippen LogP contribution in [0.2, 0.25) is 0 Å². The fraction of sp³-hybridized carbons (Fsp3) is 0. The van der Waals surface area contributed by atoms with Gasteiger partial charge in [-0.1, -0.05) is 152 Å². The molecule has 0 bridgehead atoms. The summed E-state index contributed by atoms with van der Waals surface area (Å²) < 4.78 is 2.06. The number of hydrogen-bond donors (Lipinski definition) is 0. The molecular weight excluding hydrogens is 713 g/mol. The van der Waals surface area contributed by atoms with Crippen LogP contribution in [0.4, 0.5) is 11.4 Å². The number of benzene rings is 8. The van der Waals surface area contributed by atoms with Crippen LogP contribution < -0.4 is 4.90 Å². The van der Waals surface area contributed by atoms with Gasteiger partial charge in [-0.2, -0.15) is 5.26 Å². The number of nitriles is 1. The molecular formula is C52H30N4O2. The van der Waals surface area contributed by atoms with Crippen LogP contribution >= 0.6 is 0 Å². The van der Waals surface area contributed by atoms with Gasteiger partial charge in [0.15, 0.2) is 5.69 Å². The van der Waals surface area contributed by atoms with Crippen molar-refractivity contribution in [1.29, 1.82) is 5.26 Å². The minimum Gasteiger partial charge on any atom is -0.307 e. The molecule has 0 radical (unpaired) electrons. The fourth-order valence-electron chi connectivity index (χ4n) is 8.47. The number of amides is 2. The first-order chi connectivity index (χ1) is 28.6. The maximum atomic E-state index is 15.3. The van der Waals surface area contributed by atoms with Crippen LogP contribution in [0.15, 0.2) is 182 Å². The normalized spacial score (nSPS) is 12.1. The second kappa shape index (κ2) is 13.8. The molecule has 6 heteroatoms. The predicted octanol–water partition coefficient (Wildman–Crippen LogP) is 12.7. The summed E-state index contributed by atoms with van der Waals surface area (Å²) in [6, 6.07) is 60.5. The van der Waals surface area contributed by atoms with E-state index in [1.54, 1.807) is 18.2 Å². The zero-order valence-corrected chi connectivity index (χ0v) is 30.9.